The molecular weight excluding hydrogens is 266 g/mol. The van der Waals surface area contributed by atoms with E-state index in [2.05, 4.69) is 0 Å². The molecule has 1 aromatic heterocycles. The van der Waals surface area contributed by atoms with Gasteiger partial charge in [-0.3, -0.25) is 14.3 Å². The lowest BCUT2D eigenvalue weighted by Crippen LogP contribution is -2.31. The molecule has 0 saturated carbocycles. The second-order valence-corrected chi connectivity index (χ2v) is 4.89. The van der Waals surface area contributed by atoms with Crippen molar-refractivity contribution in [3.8, 4) is 0 Å². The molecule has 1 aliphatic heterocycles. The Bertz CT molecular complexity index is 897. The minimum atomic E-state index is -0.389. The maximum atomic E-state index is 12.7. The summed E-state index contributed by atoms with van der Waals surface area (Å²) in [4.78, 5) is 26.4. The van der Waals surface area contributed by atoms with Crippen LogP contribution in [0.4, 0.5) is 5.69 Å². The van der Waals surface area contributed by atoms with Crippen molar-refractivity contribution >= 4 is 28.4 Å². The molecule has 0 atom stereocenters. The number of rotatable bonds is 1. The standard InChI is InChI=1S/C16H11N3O2/c17-19-12-9-5-4-8-11(12)13-14(19)16(21)18(15(13)20)10-6-2-1-3-7-10/h1-9H,17H2. The van der Waals surface area contributed by atoms with Crippen LogP contribution in [0.5, 0.6) is 0 Å². The highest BCUT2D eigenvalue weighted by Crippen LogP contribution is 2.34. The largest absolute Gasteiger partial charge is 0.338 e. The fourth-order valence-corrected chi connectivity index (χ4v) is 2.81. The van der Waals surface area contributed by atoms with Crippen molar-refractivity contribution in [2.75, 3.05) is 10.7 Å². The lowest BCUT2D eigenvalue weighted by atomic mass is 10.1. The van der Waals surface area contributed by atoms with Gasteiger partial charge in [-0.25, -0.2) is 4.90 Å². The van der Waals surface area contributed by atoms with E-state index in [1.807, 2.05) is 18.2 Å². The molecule has 3 aromatic rings. The zero-order valence-electron chi connectivity index (χ0n) is 11.0. The van der Waals surface area contributed by atoms with E-state index in [1.54, 1.807) is 36.4 Å². The van der Waals surface area contributed by atoms with Crippen molar-refractivity contribution in [3.63, 3.8) is 0 Å². The molecule has 5 heteroatoms. The highest BCUT2D eigenvalue weighted by Gasteiger charge is 2.41. The van der Waals surface area contributed by atoms with Gasteiger partial charge >= 0.3 is 0 Å². The Morgan fingerprint density at radius 3 is 2.24 bits per heavy atom. The van der Waals surface area contributed by atoms with Crippen molar-refractivity contribution in [1.29, 1.82) is 0 Å². The summed E-state index contributed by atoms with van der Waals surface area (Å²) in [6, 6.07) is 16.1. The van der Waals surface area contributed by atoms with Gasteiger partial charge in [0.25, 0.3) is 11.8 Å². The quantitative estimate of drug-likeness (QED) is 0.547. The van der Waals surface area contributed by atoms with E-state index < -0.39 is 0 Å². The zero-order valence-corrected chi connectivity index (χ0v) is 11.0. The van der Waals surface area contributed by atoms with Gasteiger partial charge in [0.2, 0.25) is 0 Å². The minimum Gasteiger partial charge on any atom is -0.338 e. The molecule has 5 nitrogen and oxygen atoms in total. The molecule has 21 heavy (non-hydrogen) atoms. The van der Waals surface area contributed by atoms with Crippen LogP contribution in [0.25, 0.3) is 10.9 Å². The monoisotopic (exact) mass is 277 g/mol. The van der Waals surface area contributed by atoms with E-state index in [4.69, 9.17) is 5.84 Å². The van der Waals surface area contributed by atoms with Crippen LogP contribution in [-0.2, 0) is 0 Å². The lowest BCUT2D eigenvalue weighted by Gasteiger charge is -2.14. The molecule has 0 aliphatic carbocycles. The predicted molar refractivity (Wildman–Crippen MR) is 79.7 cm³/mol. The number of para-hydroxylation sites is 2. The lowest BCUT2D eigenvalue weighted by molar-refractivity contribution is 0.0924. The first-order valence-corrected chi connectivity index (χ1v) is 6.52. The first-order chi connectivity index (χ1) is 10.2. The molecule has 2 amide bonds. The summed E-state index contributed by atoms with van der Waals surface area (Å²) < 4.78 is 1.30. The Morgan fingerprint density at radius 1 is 0.810 bits per heavy atom. The summed E-state index contributed by atoms with van der Waals surface area (Å²) >= 11 is 0. The number of nitrogens with two attached hydrogens (primary N) is 1. The summed E-state index contributed by atoms with van der Waals surface area (Å²) in [5.41, 5.74) is 1.84. The van der Waals surface area contributed by atoms with Crippen molar-refractivity contribution in [1.82, 2.24) is 4.68 Å². The van der Waals surface area contributed by atoms with Gasteiger partial charge in [-0.15, -0.1) is 0 Å². The number of imide groups is 1. The Hall–Kier alpha value is -3.08. The van der Waals surface area contributed by atoms with Gasteiger partial charge in [-0.05, 0) is 18.2 Å². The Morgan fingerprint density at radius 2 is 1.48 bits per heavy atom. The summed E-state index contributed by atoms with van der Waals surface area (Å²) in [5, 5.41) is 0.701. The molecule has 2 N–H and O–H groups in total. The summed E-state index contributed by atoms with van der Waals surface area (Å²) in [6.07, 6.45) is 0. The number of hydrogen-bond donors (Lipinski definition) is 1. The van der Waals surface area contributed by atoms with Gasteiger partial charge in [0.1, 0.15) is 5.69 Å². The molecule has 2 aromatic carbocycles. The smallest absolute Gasteiger partial charge is 0.284 e. The third-order valence-electron chi connectivity index (χ3n) is 3.75. The summed E-state index contributed by atoms with van der Waals surface area (Å²) in [5.74, 6) is 5.28. The highest BCUT2D eigenvalue weighted by atomic mass is 16.2. The number of carbonyl (C=O) groups is 2. The number of nitrogen functional groups attached to an aromatic ring is 1. The number of carbonyl (C=O) groups excluding carboxylic acids is 2. The number of hydrogen-bond acceptors (Lipinski definition) is 3. The van der Waals surface area contributed by atoms with E-state index in [-0.39, 0.29) is 17.5 Å². The molecule has 102 valence electrons. The van der Waals surface area contributed by atoms with Crippen LogP contribution >= 0.6 is 0 Å². The normalized spacial score (nSPS) is 14.0. The second-order valence-electron chi connectivity index (χ2n) is 4.89. The van der Waals surface area contributed by atoms with Gasteiger partial charge in [0, 0.05) is 5.39 Å². The van der Waals surface area contributed by atoms with Crippen molar-refractivity contribution in [3.05, 3.63) is 65.9 Å². The number of nitrogens with zero attached hydrogens (tertiary/aromatic N) is 2. The molecule has 0 bridgehead atoms. The molecule has 0 unspecified atom stereocenters. The van der Waals surface area contributed by atoms with Crippen LogP contribution in [-0.4, -0.2) is 16.5 Å². The van der Waals surface area contributed by atoms with E-state index in [1.165, 1.54) is 9.58 Å². The average molecular weight is 277 g/mol. The molecule has 4 rings (SSSR count). The molecule has 0 saturated heterocycles. The molecule has 0 radical (unpaired) electrons. The van der Waals surface area contributed by atoms with E-state index in [0.717, 1.165) is 0 Å². The van der Waals surface area contributed by atoms with E-state index in [9.17, 15) is 9.59 Å². The van der Waals surface area contributed by atoms with Crippen LogP contribution in [0.15, 0.2) is 54.6 Å². The predicted octanol–water partition coefficient (Wildman–Crippen LogP) is 2.16. The van der Waals surface area contributed by atoms with Crippen LogP contribution in [0.1, 0.15) is 20.8 Å². The number of amides is 2. The fraction of sp³-hybridized carbons (Fsp3) is 0. The van der Waals surface area contributed by atoms with Gasteiger partial charge in [-0.1, -0.05) is 36.4 Å². The second kappa shape index (κ2) is 3.96. The van der Waals surface area contributed by atoms with Crippen LogP contribution in [0.2, 0.25) is 0 Å². The fourth-order valence-electron chi connectivity index (χ4n) is 2.81. The zero-order chi connectivity index (χ0) is 14.6. The number of fused-ring (bicyclic) bond motifs is 3. The maximum Gasteiger partial charge on any atom is 0.284 e. The number of benzene rings is 2. The Labute approximate surface area is 120 Å². The van der Waals surface area contributed by atoms with Crippen LogP contribution < -0.4 is 10.7 Å². The summed E-state index contributed by atoms with van der Waals surface area (Å²) in [6.45, 7) is 0. The topological polar surface area (TPSA) is 68.3 Å². The van der Waals surface area contributed by atoms with E-state index in [0.29, 0.717) is 22.2 Å². The van der Waals surface area contributed by atoms with Gasteiger partial charge in [0.15, 0.2) is 0 Å². The maximum absolute atomic E-state index is 12.7. The number of anilines is 1. The minimum absolute atomic E-state index is 0.241. The SMILES string of the molecule is Nn1c2c(c3ccccc31)C(=O)N(c1ccccc1)C2=O. The van der Waals surface area contributed by atoms with Crippen molar-refractivity contribution in [2.45, 2.75) is 0 Å². The average Bonchev–Trinajstić information content (AvgIpc) is 2.95. The van der Waals surface area contributed by atoms with Gasteiger partial charge < -0.3 is 5.84 Å². The van der Waals surface area contributed by atoms with Crippen molar-refractivity contribution in [2.24, 2.45) is 0 Å². The molecular formula is C16H11N3O2. The molecule has 2 heterocycles. The van der Waals surface area contributed by atoms with Crippen molar-refractivity contribution < 1.29 is 9.59 Å². The molecule has 1 aliphatic rings. The molecule has 0 fully saturated rings. The van der Waals surface area contributed by atoms with Crippen LogP contribution in [0.3, 0.4) is 0 Å². The number of aromatic nitrogens is 1. The third kappa shape index (κ3) is 1.40. The van der Waals surface area contributed by atoms with Gasteiger partial charge in [-0.2, -0.15) is 0 Å². The first-order valence-electron chi connectivity index (χ1n) is 6.52. The highest BCUT2D eigenvalue weighted by molar-refractivity contribution is 6.37. The van der Waals surface area contributed by atoms with Crippen LogP contribution in [0, 0.1) is 0 Å². The summed E-state index contributed by atoms with van der Waals surface area (Å²) in [7, 11) is 0. The Kier molecular flexibility index (Phi) is 2.21. The first kappa shape index (κ1) is 11.7. The van der Waals surface area contributed by atoms with Gasteiger partial charge in [0.05, 0.1) is 16.8 Å². The Balaban J connectivity index is 1.98. The molecule has 0 spiro atoms. The van der Waals surface area contributed by atoms with E-state index >= 15 is 0 Å². The third-order valence-corrected chi connectivity index (χ3v) is 3.75.